The summed E-state index contributed by atoms with van der Waals surface area (Å²) >= 11 is 0. The molecule has 0 radical (unpaired) electrons. The Kier molecular flexibility index (Phi) is 6.80. The van der Waals surface area contributed by atoms with Gasteiger partial charge in [-0.05, 0) is 37.5 Å². The molecule has 33 heavy (non-hydrogen) atoms. The van der Waals surface area contributed by atoms with Gasteiger partial charge in [0.1, 0.15) is 17.3 Å². The van der Waals surface area contributed by atoms with Gasteiger partial charge in [0.05, 0.1) is 6.04 Å². The number of hydrogen-bond acceptors (Lipinski definition) is 5. The smallest absolute Gasteiger partial charge is 0.287 e. The summed E-state index contributed by atoms with van der Waals surface area (Å²) in [5.41, 5.74) is 0.746. The summed E-state index contributed by atoms with van der Waals surface area (Å²) in [4.78, 5) is 13.0. The molecule has 1 aromatic heterocycles. The molecule has 4 rings (SSSR count). The van der Waals surface area contributed by atoms with Crippen LogP contribution < -0.4 is 10.1 Å². The molecule has 1 saturated heterocycles. The zero-order valence-electron chi connectivity index (χ0n) is 18.2. The van der Waals surface area contributed by atoms with Crippen molar-refractivity contribution in [2.24, 2.45) is 0 Å². The Morgan fingerprint density at radius 1 is 1.12 bits per heavy atom. The first-order valence-corrected chi connectivity index (χ1v) is 12.1. The van der Waals surface area contributed by atoms with Crippen LogP contribution in [0.25, 0.3) is 0 Å². The molecular weight excluding hydrogens is 447 g/mol. The van der Waals surface area contributed by atoms with Crippen LogP contribution in [0.1, 0.15) is 40.8 Å². The van der Waals surface area contributed by atoms with E-state index in [0.29, 0.717) is 13.1 Å². The van der Waals surface area contributed by atoms with Crippen molar-refractivity contribution in [3.05, 3.63) is 83.6 Å². The maximum atomic E-state index is 14.0. The largest absolute Gasteiger partial charge is 0.488 e. The highest BCUT2D eigenvalue weighted by Crippen LogP contribution is 2.27. The summed E-state index contributed by atoms with van der Waals surface area (Å²) in [5.74, 6) is -0.982. The molecule has 0 aliphatic carbocycles. The van der Waals surface area contributed by atoms with Crippen molar-refractivity contribution in [1.82, 2.24) is 9.62 Å². The van der Waals surface area contributed by atoms with Crippen molar-refractivity contribution in [2.45, 2.75) is 30.7 Å². The van der Waals surface area contributed by atoms with E-state index in [0.717, 1.165) is 18.4 Å². The number of amides is 1. The monoisotopic (exact) mass is 472 g/mol. The van der Waals surface area contributed by atoms with E-state index in [1.165, 1.54) is 29.4 Å². The summed E-state index contributed by atoms with van der Waals surface area (Å²) in [6.07, 6.45) is 1.62. The first kappa shape index (κ1) is 23.0. The van der Waals surface area contributed by atoms with E-state index in [9.17, 15) is 17.6 Å². The minimum Gasteiger partial charge on any atom is -0.488 e. The topological polar surface area (TPSA) is 88.8 Å². The highest BCUT2D eigenvalue weighted by atomic mass is 32.2. The lowest BCUT2D eigenvalue weighted by atomic mass is 10.1. The number of ether oxygens (including phenoxy) is 1. The highest BCUT2D eigenvalue weighted by molar-refractivity contribution is 7.89. The Hall–Kier alpha value is -3.17. The number of sulfonamides is 1. The summed E-state index contributed by atoms with van der Waals surface area (Å²) in [6, 6.07) is 15.7. The SMILES string of the molecule is Cc1oc(C(=O)NC(COc2ccccc2F)c2ccccc2)cc1S(=O)(=O)N1CCCC1. The van der Waals surface area contributed by atoms with Gasteiger partial charge in [-0.15, -0.1) is 0 Å². The van der Waals surface area contributed by atoms with Crippen LogP contribution in [0.2, 0.25) is 0 Å². The van der Waals surface area contributed by atoms with Crippen molar-refractivity contribution in [3.8, 4) is 5.75 Å². The number of para-hydroxylation sites is 1. The predicted octanol–water partition coefficient (Wildman–Crippen LogP) is 4.06. The third kappa shape index (κ3) is 5.09. The normalized spacial score (nSPS) is 15.3. The third-order valence-corrected chi connectivity index (χ3v) is 7.53. The molecule has 7 nitrogen and oxygen atoms in total. The number of carbonyl (C=O) groups is 1. The van der Waals surface area contributed by atoms with Crippen LogP contribution in [0.5, 0.6) is 5.75 Å². The standard InChI is InChI=1S/C24H25FN2O5S/c1-17-23(33(29,30)27-13-7-8-14-27)15-22(32-17)24(28)26-20(18-9-3-2-4-10-18)16-31-21-12-6-5-11-19(21)25/h2-6,9-12,15,20H,7-8,13-14,16H2,1H3,(H,26,28). The summed E-state index contributed by atoms with van der Waals surface area (Å²) in [6.45, 7) is 2.40. The van der Waals surface area contributed by atoms with Crippen molar-refractivity contribution >= 4 is 15.9 Å². The molecule has 1 atom stereocenters. The molecule has 1 N–H and O–H groups in total. The van der Waals surface area contributed by atoms with Crippen LogP contribution in [0.15, 0.2) is 70.0 Å². The van der Waals surface area contributed by atoms with E-state index in [2.05, 4.69) is 5.32 Å². The van der Waals surface area contributed by atoms with E-state index in [4.69, 9.17) is 9.15 Å². The Morgan fingerprint density at radius 2 is 1.79 bits per heavy atom. The van der Waals surface area contributed by atoms with E-state index in [1.807, 2.05) is 30.3 Å². The lowest BCUT2D eigenvalue weighted by molar-refractivity contribution is 0.0891. The number of benzene rings is 2. The average molecular weight is 473 g/mol. The zero-order valence-corrected chi connectivity index (χ0v) is 19.0. The van der Waals surface area contributed by atoms with Gasteiger partial charge >= 0.3 is 0 Å². The number of nitrogens with zero attached hydrogens (tertiary/aromatic N) is 1. The molecule has 2 heterocycles. The van der Waals surface area contributed by atoms with Crippen LogP contribution in [-0.2, 0) is 10.0 Å². The van der Waals surface area contributed by atoms with Crippen LogP contribution in [0, 0.1) is 12.7 Å². The molecule has 1 aliphatic heterocycles. The third-order valence-electron chi connectivity index (χ3n) is 5.53. The van der Waals surface area contributed by atoms with Crippen LogP contribution in [-0.4, -0.2) is 38.3 Å². The second kappa shape index (κ2) is 9.76. The lowest BCUT2D eigenvalue weighted by Crippen LogP contribution is -2.32. The molecule has 9 heteroatoms. The molecular formula is C24H25FN2O5S. The fraction of sp³-hybridized carbons (Fsp3) is 0.292. The van der Waals surface area contributed by atoms with Crippen molar-refractivity contribution in [3.63, 3.8) is 0 Å². The van der Waals surface area contributed by atoms with Crippen LogP contribution >= 0.6 is 0 Å². The number of hydrogen-bond donors (Lipinski definition) is 1. The Balaban J connectivity index is 1.54. The number of aryl methyl sites for hydroxylation is 1. The van der Waals surface area contributed by atoms with Gasteiger partial charge < -0.3 is 14.5 Å². The van der Waals surface area contributed by atoms with E-state index in [1.54, 1.807) is 12.1 Å². The van der Waals surface area contributed by atoms with Gasteiger partial charge in [0.2, 0.25) is 10.0 Å². The van der Waals surface area contributed by atoms with Gasteiger partial charge in [0.25, 0.3) is 5.91 Å². The van der Waals surface area contributed by atoms with E-state index < -0.39 is 27.8 Å². The summed E-state index contributed by atoms with van der Waals surface area (Å²) < 4.78 is 52.3. The number of furan rings is 1. The molecule has 1 amide bonds. The van der Waals surface area contributed by atoms with E-state index >= 15 is 0 Å². The first-order valence-electron chi connectivity index (χ1n) is 10.7. The first-order chi connectivity index (χ1) is 15.9. The van der Waals surface area contributed by atoms with Gasteiger partial charge in [-0.3, -0.25) is 4.79 Å². The molecule has 0 spiro atoms. The second-order valence-electron chi connectivity index (χ2n) is 7.82. The van der Waals surface area contributed by atoms with Crippen molar-refractivity contribution in [1.29, 1.82) is 0 Å². The maximum Gasteiger partial charge on any atom is 0.287 e. The maximum absolute atomic E-state index is 14.0. The summed E-state index contributed by atoms with van der Waals surface area (Å²) in [5, 5.41) is 2.81. The minimum absolute atomic E-state index is 0.00609. The highest BCUT2D eigenvalue weighted by Gasteiger charge is 2.32. The molecule has 0 saturated carbocycles. The van der Waals surface area contributed by atoms with Crippen LogP contribution in [0.3, 0.4) is 0 Å². The Morgan fingerprint density at radius 3 is 2.48 bits per heavy atom. The average Bonchev–Trinajstić information content (AvgIpc) is 3.49. The predicted molar refractivity (Wildman–Crippen MR) is 120 cm³/mol. The molecule has 174 valence electrons. The second-order valence-corrected chi connectivity index (χ2v) is 9.73. The molecule has 1 aliphatic rings. The van der Waals surface area contributed by atoms with Crippen molar-refractivity contribution < 1.29 is 26.8 Å². The zero-order chi connectivity index (χ0) is 23.4. The van der Waals surface area contributed by atoms with Gasteiger partial charge in [-0.2, -0.15) is 4.31 Å². The Bertz CT molecular complexity index is 1220. The number of carbonyl (C=O) groups excluding carboxylic acids is 1. The molecule has 3 aromatic rings. The summed E-state index contributed by atoms with van der Waals surface area (Å²) in [7, 11) is -3.72. The minimum atomic E-state index is -3.72. The fourth-order valence-electron chi connectivity index (χ4n) is 3.77. The molecule has 1 unspecified atom stereocenters. The van der Waals surface area contributed by atoms with Crippen molar-refractivity contribution in [2.75, 3.05) is 19.7 Å². The van der Waals surface area contributed by atoms with Gasteiger partial charge in [0, 0.05) is 19.2 Å². The lowest BCUT2D eigenvalue weighted by Gasteiger charge is -2.19. The quantitative estimate of drug-likeness (QED) is 0.534. The number of nitrogens with one attached hydrogen (secondary N) is 1. The Labute approximate surface area is 192 Å². The van der Waals surface area contributed by atoms with Gasteiger partial charge in [0.15, 0.2) is 17.3 Å². The number of halogens is 1. The molecule has 2 aromatic carbocycles. The molecule has 1 fully saturated rings. The van der Waals surface area contributed by atoms with Gasteiger partial charge in [-0.1, -0.05) is 42.5 Å². The van der Waals surface area contributed by atoms with Crippen LogP contribution in [0.4, 0.5) is 4.39 Å². The number of rotatable bonds is 8. The molecule has 0 bridgehead atoms. The van der Waals surface area contributed by atoms with Gasteiger partial charge in [-0.25, -0.2) is 12.8 Å². The fourth-order valence-corrected chi connectivity index (χ4v) is 5.45. The van der Waals surface area contributed by atoms with E-state index in [-0.39, 0.29) is 28.8 Å².